The molecule has 1 aromatic heterocycles. The second-order valence-corrected chi connectivity index (χ2v) is 3.55. The first-order chi connectivity index (χ1) is 6.77. The molecule has 3 heteroatoms. The van der Waals surface area contributed by atoms with Crippen molar-refractivity contribution in [1.82, 2.24) is 4.98 Å². The topological polar surface area (TPSA) is 12.9 Å². The predicted molar refractivity (Wildman–Crippen MR) is 49.1 cm³/mol. The van der Waals surface area contributed by atoms with Crippen LogP contribution in [0.3, 0.4) is 0 Å². The molecule has 0 saturated heterocycles. The molecule has 70 valence electrons. The fraction of sp³-hybridized carbons (Fsp3) is 0.182. The monoisotopic (exact) mass is 191 g/mol. The van der Waals surface area contributed by atoms with Crippen molar-refractivity contribution in [2.24, 2.45) is 0 Å². The van der Waals surface area contributed by atoms with Crippen LogP contribution in [0.2, 0.25) is 0 Å². The van der Waals surface area contributed by atoms with Crippen LogP contribution in [0, 0.1) is 11.6 Å². The third-order valence-corrected chi connectivity index (χ3v) is 2.76. The Labute approximate surface area is 79.4 Å². The molecule has 3 rings (SSSR count). The molecule has 1 heterocycles. The summed E-state index contributed by atoms with van der Waals surface area (Å²) in [6.07, 6.45) is 4.75. The highest BCUT2D eigenvalue weighted by Crippen LogP contribution is 2.32. The van der Waals surface area contributed by atoms with Crippen molar-refractivity contribution in [3.8, 4) is 0 Å². The van der Waals surface area contributed by atoms with Crippen molar-refractivity contribution in [3.63, 3.8) is 0 Å². The average molecular weight is 191 g/mol. The van der Waals surface area contributed by atoms with Gasteiger partial charge in [-0.3, -0.25) is 4.98 Å². The maximum Gasteiger partial charge on any atom is 0.168 e. The molecule has 0 fully saturated rings. The molecule has 0 saturated carbocycles. The van der Waals surface area contributed by atoms with Gasteiger partial charge in [0.05, 0.1) is 0 Å². The van der Waals surface area contributed by atoms with Crippen molar-refractivity contribution < 1.29 is 8.78 Å². The van der Waals surface area contributed by atoms with Gasteiger partial charge in [0.15, 0.2) is 11.6 Å². The fourth-order valence-electron chi connectivity index (χ4n) is 2.12. The smallest absolute Gasteiger partial charge is 0.168 e. The lowest BCUT2D eigenvalue weighted by molar-refractivity contribution is 0.516. The van der Waals surface area contributed by atoms with E-state index in [0.29, 0.717) is 5.39 Å². The summed E-state index contributed by atoms with van der Waals surface area (Å²) in [5.74, 6) is -1.55. The molecule has 0 amide bonds. The SMILES string of the molecule is Fc1cc2c3c(cncc3c1F)CC2. The van der Waals surface area contributed by atoms with E-state index in [0.717, 1.165) is 29.4 Å². The Kier molecular flexibility index (Phi) is 1.40. The molecule has 1 nitrogen and oxygen atoms in total. The van der Waals surface area contributed by atoms with Gasteiger partial charge >= 0.3 is 0 Å². The molecular weight excluding hydrogens is 184 g/mol. The predicted octanol–water partition coefficient (Wildman–Crippen LogP) is 2.61. The Morgan fingerprint density at radius 3 is 2.71 bits per heavy atom. The van der Waals surface area contributed by atoms with Gasteiger partial charge < -0.3 is 0 Å². The summed E-state index contributed by atoms with van der Waals surface area (Å²) in [6, 6.07) is 1.30. The summed E-state index contributed by atoms with van der Waals surface area (Å²) in [7, 11) is 0. The zero-order chi connectivity index (χ0) is 9.71. The van der Waals surface area contributed by atoms with Crippen molar-refractivity contribution >= 4 is 10.8 Å². The van der Waals surface area contributed by atoms with E-state index < -0.39 is 11.6 Å². The second-order valence-electron chi connectivity index (χ2n) is 3.55. The number of benzene rings is 1. The van der Waals surface area contributed by atoms with Gasteiger partial charge in [-0.2, -0.15) is 0 Å². The van der Waals surface area contributed by atoms with E-state index in [2.05, 4.69) is 4.98 Å². The first-order valence-electron chi connectivity index (χ1n) is 4.51. The van der Waals surface area contributed by atoms with E-state index >= 15 is 0 Å². The van der Waals surface area contributed by atoms with Crippen LogP contribution < -0.4 is 0 Å². The minimum Gasteiger partial charge on any atom is -0.264 e. The Bertz CT molecular complexity index is 534. The van der Waals surface area contributed by atoms with Crippen LogP contribution in [-0.2, 0) is 12.8 Å². The maximum absolute atomic E-state index is 13.4. The average Bonchev–Trinajstić information content (AvgIpc) is 2.59. The third-order valence-electron chi connectivity index (χ3n) is 2.76. The van der Waals surface area contributed by atoms with E-state index in [1.807, 2.05) is 0 Å². The number of hydrogen-bond acceptors (Lipinski definition) is 1. The number of nitrogens with zero attached hydrogens (tertiary/aromatic N) is 1. The zero-order valence-corrected chi connectivity index (χ0v) is 7.35. The minimum absolute atomic E-state index is 0.315. The van der Waals surface area contributed by atoms with Gasteiger partial charge in [-0.05, 0) is 35.4 Å². The molecule has 2 aromatic rings. The molecule has 0 N–H and O–H groups in total. The molecule has 1 aromatic carbocycles. The van der Waals surface area contributed by atoms with Crippen LogP contribution in [0.15, 0.2) is 18.5 Å². The molecule has 0 radical (unpaired) electrons. The van der Waals surface area contributed by atoms with Crippen LogP contribution in [0.4, 0.5) is 8.78 Å². The van der Waals surface area contributed by atoms with E-state index in [1.165, 1.54) is 12.3 Å². The molecule has 14 heavy (non-hydrogen) atoms. The molecule has 0 spiro atoms. The Balaban J connectivity index is 2.57. The van der Waals surface area contributed by atoms with Crippen molar-refractivity contribution in [3.05, 3.63) is 41.2 Å². The van der Waals surface area contributed by atoms with E-state index in [9.17, 15) is 8.78 Å². The number of aromatic nitrogens is 1. The van der Waals surface area contributed by atoms with Gasteiger partial charge in [0.25, 0.3) is 0 Å². The first kappa shape index (κ1) is 7.85. The normalized spacial score (nSPS) is 13.9. The number of aryl methyl sites for hydroxylation is 2. The van der Waals surface area contributed by atoms with Crippen LogP contribution in [0.5, 0.6) is 0 Å². The van der Waals surface area contributed by atoms with Gasteiger partial charge in [0.2, 0.25) is 0 Å². The quantitative estimate of drug-likeness (QED) is 0.623. The number of rotatable bonds is 0. The van der Waals surface area contributed by atoms with Crippen molar-refractivity contribution in [2.45, 2.75) is 12.8 Å². The van der Waals surface area contributed by atoms with Crippen molar-refractivity contribution in [2.75, 3.05) is 0 Å². The van der Waals surface area contributed by atoms with Crippen LogP contribution in [-0.4, -0.2) is 4.98 Å². The van der Waals surface area contributed by atoms with Gasteiger partial charge in [0.1, 0.15) is 0 Å². The summed E-state index contributed by atoms with van der Waals surface area (Å²) < 4.78 is 26.5. The summed E-state index contributed by atoms with van der Waals surface area (Å²) in [4.78, 5) is 3.91. The summed E-state index contributed by atoms with van der Waals surface area (Å²) in [6.45, 7) is 0. The summed E-state index contributed by atoms with van der Waals surface area (Å²) in [5.41, 5.74) is 1.92. The summed E-state index contributed by atoms with van der Waals surface area (Å²) in [5, 5.41) is 1.17. The lowest BCUT2D eigenvalue weighted by atomic mass is 10.1. The van der Waals surface area contributed by atoms with Gasteiger partial charge in [-0.15, -0.1) is 0 Å². The maximum atomic E-state index is 13.4. The zero-order valence-electron chi connectivity index (χ0n) is 7.35. The molecule has 0 unspecified atom stereocenters. The number of pyridine rings is 1. The lowest BCUT2D eigenvalue weighted by Gasteiger charge is -2.02. The van der Waals surface area contributed by atoms with Crippen LogP contribution in [0.25, 0.3) is 10.8 Å². The lowest BCUT2D eigenvalue weighted by Crippen LogP contribution is -1.90. The largest absolute Gasteiger partial charge is 0.264 e. The molecule has 1 aliphatic carbocycles. The molecule has 0 aliphatic heterocycles. The van der Waals surface area contributed by atoms with E-state index in [-0.39, 0.29) is 0 Å². The molecular formula is C11H7F2N. The molecule has 0 atom stereocenters. The van der Waals surface area contributed by atoms with E-state index in [4.69, 9.17) is 0 Å². The van der Waals surface area contributed by atoms with Gasteiger partial charge in [-0.1, -0.05) is 0 Å². The third kappa shape index (κ3) is 0.842. The van der Waals surface area contributed by atoms with E-state index in [1.54, 1.807) is 6.20 Å². The fourth-order valence-corrected chi connectivity index (χ4v) is 2.12. The molecule has 1 aliphatic rings. The Hall–Kier alpha value is -1.51. The van der Waals surface area contributed by atoms with Gasteiger partial charge in [0, 0.05) is 17.8 Å². The van der Waals surface area contributed by atoms with Crippen LogP contribution in [0.1, 0.15) is 11.1 Å². The Morgan fingerprint density at radius 2 is 1.86 bits per heavy atom. The number of hydrogen-bond donors (Lipinski definition) is 0. The van der Waals surface area contributed by atoms with Crippen LogP contribution >= 0.6 is 0 Å². The number of halogens is 2. The summed E-state index contributed by atoms with van der Waals surface area (Å²) >= 11 is 0. The highest BCUT2D eigenvalue weighted by Gasteiger charge is 2.19. The highest BCUT2D eigenvalue weighted by molar-refractivity contribution is 5.90. The van der Waals surface area contributed by atoms with Gasteiger partial charge in [-0.25, -0.2) is 8.78 Å². The first-order valence-corrected chi connectivity index (χ1v) is 4.51. The second kappa shape index (κ2) is 2.50. The highest BCUT2D eigenvalue weighted by atomic mass is 19.2. The standard InChI is InChI=1S/C11H7F2N/c12-9-3-6-1-2-7-4-14-5-8(10(6)7)11(9)13/h3-5H,1-2H2. The minimum atomic E-state index is -0.778. The Morgan fingerprint density at radius 1 is 1.07 bits per heavy atom. The molecule has 0 bridgehead atoms. The van der Waals surface area contributed by atoms with Crippen molar-refractivity contribution in [1.29, 1.82) is 0 Å².